The van der Waals surface area contributed by atoms with Gasteiger partial charge in [0.05, 0.1) is 0 Å². The minimum absolute atomic E-state index is 1.06. The molecular weight excluding hydrogens is 146 g/mol. The van der Waals surface area contributed by atoms with Crippen LogP contribution in [-0.4, -0.2) is 4.98 Å². The van der Waals surface area contributed by atoms with Crippen LogP contribution in [0.25, 0.3) is 6.08 Å². The number of H-pyrrole nitrogens is 1. The molecule has 1 heteroatoms. The maximum Gasteiger partial charge on any atom is 0.0418 e. The number of hydrogen-bond acceptors (Lipinski definition) is 0. The van der Waals surface area contributed by atoms with Crippen molar-refractivity contribution in [3.05, 3.63) is 41.2 Å². The molecule has 0 saturated heterocycles. The van der Waals surface area contributed by atoms with Gasteiger partial charge >= 0.3 is 0 Å². The number of nitrogens with one attached hydrogen (secondary N) is 1. The number of aromatic nitrogens is 1. The second kappa shape index (κ2) is 3.02. The summed E-state index contributed by atoms with van der Waals surface area (Å²) in [6.45, 7) is 2.20. The van der Waals surface area contributed by atoms with Gasteiger partial charge in [-0.05, 0) is 30.0 Å². The van der Waals surface area contributed by atoms with E-state index in [1.165, 1.54) is 16.8 Å². The highest BCUT2D eigenvalue weighted by atomic mass is 14.7. The van der Waals surface area contributed by atoms with Crippen molar-refractivity contribution in [3.63, 3.8) is 0 Å². The fourth-order valence-corrected chi connectivity index (χ4v) is 1.63. The maximum absolute atomic E-state index is 3.29. The van der Waals surface area contributed by atoms with Crippen LogP contribution in [0.2, 0.25) is 0 Å². The van der Waals surface area contributed by atoms with Gasteiger partial charge in [-0.2, -0.15) is 0 Å². The van der Waals surface area contributed by atoms with E-state index in [4.69, 9.17) is 0 Å². The largest absolute Gasteiger partial charge is 0.361 e. The van der Waals surface area contributed by atoms with Crippen molar-refractivity contribution in [1.29, 1.82) is 0 Å². The van der Waals surface area contributed by atoms with Gasteiger partial charge in [0.25, 0.3) is 0 Å². The molecule has 1 aliphatic rings. The van der Waals surface area contributed by atoms with Gasteiger partial charge in [-0.1, -0.05) is 25.2 Å². The molecule has 0 aromatic carbocycles. The molecule has 2 rings (SSSR count). The van der Waals surface area contributed by atoms with Gasteiger partial charge in [0.1, 0.15) is 0 Å². The summed E-state index contributed by atoms with van der Waals surface area (Å²) in [6, 6.07) is 0. The van der Waals surface area contributed by atoms with Crippen LogP contribution in [-0.2, 0) is 12.8 Å². The Morgan fingerprint density at radius 1 is 1.42 bits per heavy atom. The SMILES string of the molecule is CCc1c[nH]c2c1CC=CC=C2. The molecule has 1 aliphatic carbocycles. The van der Waals surface area contributed by atoms with Crippen molar-refractivity contribution >= 4 is 6.08 Å². The molecule has 0 bridgehead atoms. The fraction of sp³-hybridized carbons (Fsp3) is 0.273. The third-order valence-electron chi connectivity index (χ3n) is 2.33. The molecule has 0 amide bonds. The lowest BCUT2D eigenvalue weighted by Gasteiger charge is -1.97. The highest BCUT2D eigenvalue weighted by molar-refractivity contribution is 5.56. The third-order valence-corrected chi connectivity index (χ3v) is 2.33. The van der Waals surface area contributed by atoms with Crippen LogP contribution in [0.4, 0.5) is 0 Å². The van der Waals surface area contributed by atoms with Crippen molar-refractivity contribution < 1.29 is 0 Å². The van der Waals surface area contributed by atoms with Crippen LogP contribution in [0.1, 0.15) is 23.7 Å². The van der Waals surface area contributed by atoms with E-state index in [9.17, 15) is 0 Å². The van der Waals surface area contributed by atoms with Crippen LogP contribution < -0.4 is 0 Å². The van der Waals surface area contributed by atoms with Gasteiger partial charge in [0, 0.05) is 11.9 Å². The Morgan fingerprint density at radius 3 is 3.17 bits per heavy atom. The first-order valence-electron chi connectivity index (χ1n) is 4.44. The number of hydrogen-bond donors (Lipinski definition) is 1. The van der Waals surface area contributed by atoms with E-state index in [-0.39, 0.29) is 0 Å². The van der Waals surface area contributed by atoms with Gasteiger partial charge in [-0.3, -0.25) is 0 Å². The minimum atomic E-state index is 1.06. The van der Waals surface area contributed by atoms with Crippen molar-refractivity contribution in [3.8, 4) is 0 Å². The molecule has 0 radical (unpaired) electrons. The summed E-state index contributed by atoms with van der Waals surface area (Å²) in [5.41, 5.74) is 4.18. The van der Waals surface area contributed by atoms with Crippen LogP contribution in [0.3, 0.4) is 0 Å². The minimum Gasteiger partial charge on any atom is -0.361 e. The maximum atomic E-state index is 3.29. The van der Waals surface area contributed by atoms with Crippen LogP contribution in [0.15, 0.2) is 24.4 Å². The smallest absolute Gasteiger partial charge is 0.0418 e. The van der Waals surface area contributed by atoms with E-state index < -0.39 is 0 Å². The van der Waals surface area contributed by atoms with E-state index in [1.807, 2.05) is 0 Å². The molecule has 1 N–H and O–H groups in total. The molecule has 1 heterocycles. The Morgan fingerprint density at radius 2 is 2.33 bits per heavy atom. The number of fused-ring (bicyclic) bond motifs is 1. The van der Waals surface area contributed by atoms with E-state index in [2.05, 4.69) is 42.4 Å². The molecule has 0 saturated carbocycles. The quantitative estimate of drug-likeness (QED) is 0.648. The molecule has 1 aromatic rings. The second-order valence-corrected chi connectivity index (χ2v) is 3.05. The summed E-state index contributed by atoms with van der Waals surface area (Å²) in [4.78, 5) is 3.29. The molecule has 62 valence electrons. The Bertz CT molecular complexity index is 329. The Hall–Kier alpha value is -1.24. The normalized spacial score (nSPS) is 14.4. The zero-order valence-corrected chi connectivity index (χ0v) is 7.30. The summed E-state index contributed by atoms with van der Waals surface area (Å²) in [5.74, 6) is 0. The molecule has 0 atom stereocenters. The molecule has 0 unspecified atom stereocenters. The van der Waals surface area contributed by atoms with Gasteiger partial charge in [-0.15, -0.1) is 0 Å². The molecule has 1 aromatic heterocycles. The lowest BCUT2D eigenvalue weighted by molar-refractivity contribution is 1.10. The van der Waals surface area contributed by atoms with Crippen molar-refractivity contribution in [2.24, 2.45) is 0 Å². The topological polar surface area (TPSA) is 15.8 Å². The average molecular weight is 159 g/mol. The van der Waals surface area contributed by atoms with Gasteiger partial charge in [-0.25, -0.2) is 0 Å². The first-order valence-corrected chi connectivity index (χ1v) is 4.44. The fourth-order valence-electron chi connectivity index (χ4n) is 1.63. The molecule has 0 spiro atoms. The third kappa shape index (κ3) is 1.11. The lowest BCUT2D eigenvalue weighted by Crippen LogP contribution is -1.86. The molecule has 1 nitrogen and oxygen atoms in total. The summed E-state index contributed by atoms with van der Waals surface area (Å²) in [6.07, 6.45) is 12.8. The first kappa shape index (κ1) is 7.41. The number of aryl methyl sites for hydroxylation is 1. The predicted molar refractivity (Wildman–Crippen MR) is 52.0 cm³/mol. The number of rotatable bonds is 1. The zero-order valence-electron chi connectivity index (χ0n) is 7.30. The van der Waals surface area contributed by atoms with E-state index in [0.717, 1.165) is 12.8 Å². The first-order chi connectivity index (χ1) is 5.92. The standard InChI is InChI=1S/C11H13N/c1-2-9-8-12-11-7-5-3-4-6-10(9)11/h3-5,7-8,12H,2,6H2,1H3. The molecule has 0 aliphatic heterocycles. The number of allylic oxidation sites excluding steroid dienone is 3. The summed E-state index contributed by atoms with van der Waals surface area (Å²) in [7, 11) is 0. The highest BCUT2D eigenvalue weighted by Crippen LogP contribution is 2.19. The monoisotopic (exact) mass is 159 g/mol. The van der Waals surface area contributed by atoms with E-state index in [1.54, 1.807) is 0 Å². The number of aromatic amines is 1. The summed E-state index contributed by atoms with van der Waals surface area (Å²) < 4.78 is 0. The van der Waals surface area contributed by atoms with Crippen LogP contribution in [0.5, 0.6) is 0 Å². The van der Waals surface area contributed by atoms with E-state index >= 15 is 0 Å². The van der Waals surface area contributed by atoms with Crippen LogP contribution >= 0.6 is 0 Å². The summed E-state index contributed by atoms with van der Waals surface area (Å²) >= 11 is 0. The zero-order chi connectivity index (χ0) is 8.39. The lowest BCUT2D eigenvalue weighted by atomic mass is 10.1. The highest BCUT2D eigenvalue weighted by Gasteiger charge is 2.06. The van der Waals surface area contributed by atoms with Gasteiger partial charge < -0.3 is 4.98 Å². The molecule has 0 fully saturated rings. The Kier molecular flexibility index (Phi) is 1.86. The second-order valence-electron chi connectivity index (χ2n) is 3.05. The van der Waals surface area contributed by atoms with Crippen molar-refractivity contribution in [2.45, 2.75) is 19.8 Å². The predicted octanol–water partition coefficient (Wildman–Crippen LogP) is 2.70. The Labute approximate surface area is 72.8 Å². The Balaban J connectivity index is 2.48. The van der Waals surface area contributed by atoms with Crippen molar-refractivity contribution in [1.82, 2.24) is 4.98 Å². The average Bonchev–Trinajstić information content (AvgIpc) is 2.33. The van der Waals surface area contributed by atoms with Gasteiger partial charge in [0.2, 0.25) is 0 Å². The molecule has 12 heavy (non-hydrogen) atoms. The summed E-state index contributed by atoms with van der Waals surface area (Å²) in [5, 5.41) is 0. The van der Waals surface area contributed by atoms with E-state index in [0.29, 0.717) is 0 Å². The molecular formula is C11H13N. The van der Waals surface area contributed by atoms with Gasteiger partial charge in [0.15, 0.2) is 0 Å². The van der Waals surface area contributed by atoms with Crippen LogP contribution in [0, 0.1) is 0 Å². The van der Waals surface area contributed by atoms with Crippen molar-refractivity contribution in [2.75, 3.05) is 0 Å².